The lowest BCUT2D eigenvalue weighted by molar-refractivity contribution is 0.148. The fourth-order valence-corrected chi connectivity index (χ4v) is 2.37. The third-order valence-electron chi connectivity index (χ3n) is 3.52. The molecule has 1 aliphatic rings. The molecule has 94 valence electrons. The molecule has 0 amide bonds. The fraction of sp³-hybridized carbons (Fsp3) is 0.571. The Morgan fingerprint density at radius 2 is 2.12 bits per heavy atom. The van der Waals surface area contributed by atoms with Crippen LogP contribution in [0.1, 0.15) is 19.4 Å². The lowest BCUT2D eigenvalue weighted by atomic mass is 10.1. The van der Waals surface area contributed by atoms with Gasteiger partial charge in [0, 0.05) is 31.7 Å². The van der Waals surface area contributed by atoms with Crippen molar-refractivity contribution < 1.29 is 4.39 Å². The molecule has 0 saturated carbocycles. The van der Waals surface area contributed by atoms with Gasteiger partial charge in [-0.1, -0.05) is 18.2 Å². The quantitative estimate of drug-likeness (QED) is 0.864. The van der Waals surface area contributed by atoms with Crippen molar-refractivity contribution in [1.29, 1.82) is 0 Å². The van der Waals surface area contributed by atoms with Gasteiger partial charge in [0.05, 0.1) is 0 Å². The van der Waals surface area contributed by atoms with Crippen LogP contribution >= 0.6 is 0 Å². The zero-order valence-electron chi connectivity index (χ0n) is 10.6. The second-order valence-electron chi connectivity index (χ2n) is 4.99. The molecule has 2 atom stereocenters. The summed E-state index contributed by atoms with van der Waals surface area (Å²) in [4.78, 5) is 2.44. The van der Waals surface area contributed by atoms with E-state index in [9.17, 15) is 4.39 Å². The highest BCUT2D eigenvalue weighted by atomic mass is 19.1. The van der Waals surface area contributed by atoms with Crippen LogP contribution in [0, 0.1) is 5.82 Å². The number of nitrogens with one attached hydrogen (secondary N) is 1. The smallest absolute Gasteiger partial charge is 0.126 e. The Hall–Kier alpha value is -0.930. The first kappa shape index (κ1) is 12.5. The zero-order chi connectivity index (χ0) is 12.3. The van der Waals surface area contributed by atoms with Crippen molar-refractivity contribution in [2.45, 2.75) is 32.4 Å². The summed E-state index contributed by atoms with van der Waals surface area (Å²) in [6, 6.07) is 8.14. The van der Waals surface area contributed by atoms with Gasteiger partial charge in [-0.15, -0.1) is 0 Å². The molecule has 1 aliphatic heterocycles. The summed E-state index contributed by atoms with van der Waals surface area (Å²) in [7, 11) is 0. The topological polar surface area (TPSA) is 15.3 Å². The van der Waals surface area contributed by atoms with Crippen molar-refractivity contribution in [1.82, 2.24) is 10.2 Å². The molecule has 1 fully saturated rings. The maximum Gasteiger partial charge on any atom is 0.126 e. The fourth-order valence-electron chi connectivity index (χ4n) is 2.37. The van der Waals surface area contributed by atoms with Gasteiger partial charge in [-0.2, -0.15) is 0 Å². The predicted octanol–water partition coefficient (Wildman–Crippen LogP) is 2.05. The number of hydrogen-bond acceptors (Lipinski definition) is 2. The number of benzene rings is 1. The summed E-state index contributed by atoms with van der Waals surface area (Å²) < 4.78 is 13.5. The van der Waals surface area contributed by atoms with E-state index in [-0.39, 0.29) is 5.82 Å². The van der Waals surface area contributed by atoms with E-state index in [1.165, 1.54) is 0 Å². The summed E-state index contributed by atoms with van der Waals surface area (Å²) in [5, 5.41) is 3.46. The highest BCUT2D eigenvalue weighted by Crippen LogP contribution is 2.11. The van der Waals surface area contributed by atoms with Crippen LogP contribution in [0.3, 0.4) is 0 Å². The minimum Gasteiger partial charge on any atom is -0.311 e. The Kier molecular flexibility index (Phi) is 4.13. The van der Waals surface area contributed by atoms with Gasteiger partial charge in [-0.3, -0.25) is 4.90 Å². The predicted molar refractivity (Wildman–Crippen MR) is 68.6 cm³/mol. The minimum absolute atomic E-state index is 0.0802. The highest BCUT2D eigenvalue weighted by molar-refractivity contribution is 5.17. The van der Waals surface area contributed by atoms with E-state index in [1.54, 1.807) is 12.1 Å². The molecule has 17 heavy (non-hydrogen) atoms. The summed E-state index contributed by atoms with van der Waals surface area (Å²) in [6.45, 7) is 7.43. The molecule has 3 heteroatoms. The van der Waals surface area contributed by atoms with Gasteiger partial charge in [0.1, 0.15) is 5.82 Å². The molecule has 1 saturated heterocycles. The van der Waals surface area contributed by atoms with E-state index < -0.39 is 0 Å². The van der Waals surface area contributed by atoms with Gasteiger partial charge in [-0.05, 0) is 31.9 Å². The second kappa shape index (κ2) is 5.61. The van der Waals surface area contributed by atoms with E-state index in [0.717, 1.165) is 31.6 Å². The maximum atomic E-state index is 13.5. The normalized spacial score (nSPS) is 26.1. The van der Waals surface area contributed by atoms with Gasteiger partial charge < -0.3 is 5.32 Å². The monoisotopic (exact) mass is 236 g/mol. The SMILES string of the molecule is CC1CN(CCc2ccccc2F)C(C)CN1. The van der Waals surface area contributed by atoms with Gasteiger partial charge in [0.15, 0.2) is 0 Å². The average Bonchev–Trinajstić information content (AvgIpc) is 2.32. The summed E-state index contributed by atoms with van der Waals surface area (Å²) in [5.41, 5.74) is 0.825. The number of hydrogen-bond donors (Lipinski definition) is 1. The number of nitrogens with zero attached hydrogens (tertiary/aromatic N) is 1. The third kappa shape index (κ3) is 3.27. The van der Waals surface area contributed by atoms with E-state index in [2.05, 4.69) is 24.1 Å². The first-order valence-electron chi connectivity index (χ1n) is 6.37. The van der Waals surface area contributed by atoms with Crippen LogP contribution in [0.5, 0.6) is 0 Å². The molecule has 1 aromatic rings. The molecular weight excluding hydrogens is 215 g/mol. The van der Waals surface area contributed by atoms with Crippen LogP contribution in [-0.2, 0) is 6.42 Å². The van der Waals surface area contributed by atoms with E-state index >= 15 is 0 Å². The van der Waals surface area contributed by atoms with E-state index in [4.69, 9.17) is 0 Å². The van der Waals surface area contributed by atoms with Crippen LogP contribution in [-0.4, -0.2) is 36.6 Å². The summed E-state index contributed by atoms with van der Waals surface area (Å²) in [6.07, 6.45) is 0.795. The molecule has 2 nitrogen and oxygen atoms in total. The van der Waals surface area contributed by atoms with Crippen LogP contribution in [0.4, 0.5) is 4.39 Å². The lowest BCUT2D eigenvalue weighted by Crippen LogP contribution is -2.54. The van der Waals surface area contributed by atoms with Crippen molar-refractivity contribution in [2.75, 3.05) is 19.6 Å². The summed E-state index contributed by atoms with van der Waals surface area (Å²) >= 11 is 0. The maximum absolute atomic E-state index is 13.5. The molecule has 0 aromatic heterocycles. The van der Waals surface area contributed by atoms with E-state index in [0.29, 0.717) is 12.1 Å². The molecule has 0 radical (unpaired) electrons. The van der Waals surface area contributed by atoms with Crippen molar-refractivity contribution in [3.05, 3.63) is 35.6 Å². The number of rotatable bonds is 3. The first-order valence-corrected chi connectivity index (χ1v) is 6.37. The van der Waals surface area contributed by atoms with Crippen molar-refractivity contribution in [3.63, 3.8) is 0 Å². The average molecular weight is 236 g/mol. The van der Waals surface area contributed by atoms with E-state index in [1.807, 2.05) is 12.1 Å². The Balaban J connectivity index is 1.91. The van der Waals surface area contributed by atoms with Crippen LogP contribution in [0.25, 0.3) is 0 Å². The Morgan fingerprint density at radius 1 is 1.35 bits per heavy atom. The molecule has 0 spiro atoms. The first-order chi connectivity index (χ1) is 8.16. The lowest BCUT2D eigenvalue weighted by Gasteiger charge is -2.37. The van der Waals surface area contributed by atoms with Gasteiger partial charge >= 0.3 is 0 Å². The number of halogens is 1. The summed E-state index contributed by atoms with van der Waals surface area (Å²) in [5.74, 6) is -0.0802. The van der Waals surface area contributed by atoms with Crippen molar-refractivity contribution >= 4 is 0 Å². The molecule has 1 aromatic carbocycles. The van der Waals surface area contributed by atoms with Crippen molar-refractivity contribution in [2.24, 2.45) is 0 Å². The second-order valence-corrected chi connectivity index (χ2v) is 4.99. The largest absolute Gasteiger partial charge is 0.311 e. The molecule has 0 bridgehead atoms. The molecule has 2 rings (SSSR count). The Labute approximate surface area is 103 Å². The minimum atomic E-state index is -0.0802. The van der Waals surface area contributed by atoms with Crippen LogP contribution in [0.15, 0.2) is 24.3 Å². The third-order valence-corrected chi connectivity index (χ3v) is 3.52. The molecular formula is C14H21FN2. The standard InChI is InChI=1S/C14H21FN2/c1-11-10-17(12(2)9-16-11)8-7-13-5-3-4-6-14(13)15/h3-6,11-12,16H,7-10H2,1-2H3. The number of piperazine rings is 1. The van der Waals surface area contributed by atoms with Gasteiger partial charge in [0.2, 0.25) is 0 Å². The Morgan fingerprint density at radius 3 is 2.88 bits per heavy atom. The molecule has 1 N–H and O–H groups in total. The zero-order valence-corrected chi connectivity index (χ0v) is 10.6. The highest BCUT2D eigenvalue weighted by Gasteiger charge is 2.21. The van der Waals surface area contributed by atoms with Crippen LogP contribution in [0.2, 0.25) is 0 Å². The van der Waals surface area contributed by atoms with Gasteiger partial charge in [-0.25, -0.2) is 4.39 Å². The molecule has 2 unspecified atom stereocenters. The van der Waals surface area contributed by atoms with Gasteiger partial charge in [0.25, 0.3) is 0 Å². The molecule has 0 aliphatic carbocycles. The van der Waals surface area contributed by atoms with Crippen LogP contribution < -0.4 is 5.32 Å². The van der Waals surface area contributed by atoms with Crippen molar-refractivity contribution in [3.8, 4) is 0 Å². The molecule has 1 heterocycles. The Bertz CT molecular complexity index is 367.